The molecule has 11 aromatic rings. The summed E-state index contributed by atoms with van der Waals surface area (Å²) in [5, 5.41) is 6.21. The van der Waals surface area contributed by atoms with E-state index in [2.05, 4.69) is 223 Å². The van der Waals surface area contributed by atoms with Crippen LogP contribution in [0, 0.1) is 6.92 Å². The molecular formula is C60H40N2OS. The van der Waals surface area contributed by atoms with Crippen LogP contribution in [-0.2, 0) is 5.41 Å². The molecule has 2 aliphatic rings. The normalized spacial score (nSPS) is 14.8. The van der Waals surface area contributed by atoms with E-state index in [-0.39, 0.29) is 0 Å². The molecule has 302 valence electrons. The maximum Gasteiger partial charge on any atom is 0.134 e. The van der Waals surface area contributed by atoms with E-state index >= 15 is 0 Å². The largest absolute Gasteiger partial charge is 0.457 e. The van der Waals surface area contributed by atoms with Gasteiger partial charge in [-0.15, -0.1) is 11.3 Å². The quantitative estimate of drug-likeness (QED) is 0.155. The fourth-order valence-electron chi connectivity index (χ4n) is 11.0. The van der Waals surface area contributed by atoms with Gasteiger partial charge in [-0.3, -0.25) is 0 Å². The van der Waals surface area contributed by atoms with Gasteiger partial charge in [0.15, 0.2) is 0 Å². The Bertz CT molecular complexity index is 3750. The molecule has 1 unspecified atom stereocenters. The summed E-state index contributed by atoms with van der Waals surface area (Å²) in [5.74, 6) is 1.71. The first-order valence-corrected chi connectivity index (χ1v) is 22.7. The topological polar surface area (TPSA) is 17.4 Å². The number of hydrogen-bond acceptors (Lipinski definition) is 3. The Hall–Kier alpha value is -7.92. The molecule has 1 spiro atoms. The highest BCUT2D eigenvalue weighted by Gasteiger charge is 2.49. The van der Waals surface area contributed by atoms with Crippen molar-refractivity contribution in [3.05, 3.63) is 246 Å². The zero-order valence-electron chi connectivity index (χ0n) is 35.1. The molecule has 9 aromatic carbocycles. The average molecular weight is 837 g/mol. The first-order chi connectivity index (χ1) is 31.6. The molecule has 0 fully saturated rings. The highest BCUT2D eigenvalue weighted by atomic mass is 32.1. The molecule has 3 nitrogen and oxygen atoms in total. The zero-order valence-corrected chi connectivity index (χ0v) is 35.9. The van der Waals surface area contributed by atoms with E-state index < -0.39 is 5.41 Å². The molecule has 13 rings (SSSR count). The van der Waals surface area contributed by atoms with E-state index in [4.69, 9.17) is 4.74 Å². The van der Waals surface area contributed by atoms with E-state index in [1.807, 2.05) is 23.5 Å². The van der Waals surface area contributed by atoms with Gasteiger partial charge in [-0.25, -0.2) is 0 Å². The maximum absolute atomic E-state index is 7.14. The predicted molar refractivity (Wildman–Crippen MR) is 270 cm³/mol. The lowest BCUT2D eigenvalue weighted by Crippen LogP contribution is -2.36. The van der Waals surface area contributed by atoms with E-state index in [1.54, 1.807) is 0 Å². The summed E-state index contributed by atoms with van der Waals surface area (Å²) >= 11 is 1.83. The number of anilines is 3. The van der Waals surface area contributed by atoms with Crippen LogP contribution in [0.25, 0.3) is 65.6 Å². The number of rotatable bonds is 6. The van der Waals surface area contributed by atoms with Crippen molar-refractivity contribution in [2.45, 2.75) is 12.3 Å². The van der Waals surface area contributed by atoms with Gasteiger partial charge in [0.1, 0.15) is 11.5 Å². The van der Waals surface area contributed by atoms with Gasteiger partial charge in [0.2, 0.25) is 0 Å². The van der Waals surface area contributed by atoms with E-state index in [9.17, 15) is 0 Å². The standard InChI is InChI=1S/C60H40N2OS/c1-3-4-20-44-38(2)64-58-37-43(30-33-48(44)58)61(41-29-32-47-46-22-9-12-27-54(46)62(55(47)35-41)40-18-6-5-7-19-40)42-31-34-52-57(36-42)63-56-28-13-11-25-51(56)60(52)50-24-10-8-21-45(50)49-23-14-16-39-17-15-26-53(60)59(39)49/h3-37H,1H2,2H3/b20-4-. The summed E-state index contributed by atoms with van der Waals surface area (Å²) < 4.78 is 10.8. The second kappa shape index (κ2) is 14.0. The van der Waals surface area contributed by atoms with Crippen LogP contribution in [0.15, 0.2) is 213 Å². The molecule has 4 heteroatoms. The highest BCUT2D eigenvalue weighted by Crippen LogP contribution is 2.61. The van der Waals surface area contributed by atoms with Gasteiger partial charge in [-0.1, -0.05) is 158 Å². The predicted octanol–water partition coefficient (Wildman–Crippen LogP) is 16.6. The Labute approximate surface area is 375 Å². The lowest BCUT2D eigenvalue weighted by Gasteiger charge is -2.45. The van der Waals surface area contributed by atoms with Crippen molar-refractivity contribution >= 4 is 77.1 Å². The van der Waals surface area contributed by atoms with Gasteiger partial charge in [-0.2, -0.15) is 0 Å². The van der Waals surface area contributed by atoms with E-state index in [0.717, 1.165) is 50.9 Å². The van der Waals surface area contributed by atoms with E-state index in [0.29, 0.717) is 0 Å². The summed E-state index contributed by atoms with van der Waals surface area (Å²) in [6.45, 7) is 6.14. The second-order valence-electron chi connectivity index (χ2n) is 16.9. The van der Waals surface area contributed by atoms with Crippen molar-refractivity contribution < 1.29 is 4.74 Å². The molecule has 0 radical (unpaired) electrons. The maximum atomic E-state index is 7.14. The molecular weight excluding hydrogens is 797 g/mol. The van der Waals surface area contributed by atoms with Crippen molar-refractivity contribution in [3.63, 3.8) is 0 Å². The monoisotopic (exact) mass is 836 g/mol. The molecule has 0 N–H and O–H groups in total. The number of aromatic nitrogens is 1. The van der Waals surface area contributed by atoms with Crippen LogP contribution in [0.1, 0.15) is 32.7 Å². The molecule has 0 bridgehead atoms. The summed E-state index contributed by atoms with van der Waals surface area (Å²) in [4.78, 5) is 3.68. The number of para-hydroxylation sites is 3. The summed E-state index contributed by atoms with van der Waals surface area (Å²) in [7, 11) is 0. The minimum atomic E-state index is -0.615. The molecule has 2 aromatic heterocycles. The van der Waals surface area contributed by atoms with Crippen LogP contribution in [0.2, 0.25) is 0 Å². The molecule has 1 atom stereocenters. The third kappa shape index (κ3) is 5.15. The number of allylic oxidation sites excluding steroid dienone is 2. The number of hydrogen-bond donors (Lipinski definition) is 0. The van der Waals surface area contributed by atoms with Gasteiger partial charge >= 0.3 is 0 Å². The van der Waals surface area contributed by atoms with Crippen molar-refractivity contribution in [1.82, 2.24) is 4.57 Å². The van der Waals surface area contributed by atoms with E-state index in [1.165, 1.54) is 69.8 Å². The SMILES string of the molecule is C=C/C=C\c1c(C)sc2cc(N(c3ccc4c(c3)Oc3ccccc3C43c4ccccc4-c4cccc5cccc3c45)c3ccc4c5ccccc5n(-c5ccccc5)c4c3)ccc12. The molecule has 0 saturated heterocycles. The van der Waals surface area contributed by atoms with Crippen molar-refractivity contribution in [1.29, 1.82) is 0 Å². The second-order valence-corrected chi connectivity index (χ2v) is 18.1. The number of thiophene rings is 1. The van der Waals surface area contributed by atoms with Gasteiger partial charge in [0.25, 0.3) is 0 Å². The number of benzene rings is 9. The highest BCUT2D eigenvalue weighted by molar-refractivity contribution is 7.19. The van der Waals surface area contributed by atoms with Gasteiger partial charge in [-0.05, 0) is 100 Å². The first-order valence-electron chi connectivity index (χ1n) is 21.9. The molecule has 1 aliphatic heterocycles. The van der Waals surface area contributed by atoms with Crippen molar-refractivity contribution in [2.75, 3.05) is 4.90 Å². The van der Waals surface area contributed by atoms with Crippen molar-refractivity contribution in [3.8, 4) is 28.3 Å². The lowest BCUT2D eigenvalue weighted by atomic mass is 9.58. The van der Waals surface area contributed by atoms with Gasteiger partial charge in [0, 0.05) is 65.7 Å². The average Bonchev–Trinajstić information content (AvgIpc) is 3.84. The zero-order chi connectivity index (χ0) is 42.5. The molecule has 0 saturated carbocycles. The Morgan fingerprint density at radius 1 is 0.547 bits per heavy atom. The molecule has 3 heterocycles. The van der Waals surface area contributed by atoms with Crippen LogP contribution >= 0.6 is 11.3 Å². The number of ether oxygens (including phenoxy) is 1. The Kier molecular flexibility index (Phi) is 8.06. The van der Waals surface area contributed by atoms with Crippen molar-refractivity contribution in [2.24, 2.45) is 0 Å². The summed E-state index contributed by atoms with van der Waals surface area (Å²) in [5.41, 5.74) is 14.6. The minimum absolute atomic E-state index is 0.615. The van der Waals surface area contributed by atoms with Crippen LogP contribution in [0.5, 0.6) is 11.5 Å². The van der Waals surface area contributed by atoms with Crippen LogP contribution in [-0.4, -0.2) is 4.57 Å². The minimum Gasteiger partial charge on any atom is -0.457 e. The summed E-state index contributed by atoms with van der Waals surface area (Å²) in [6, 6.07) is 71.3. The number of fused-ring (bicyclic) bond motifs is 12. The Morgan fingerprint density at radius 2 is 1.20 bits per heavy atom. The Morgan fingerprint density at radius 3 is 2.08 bits per heavy atom. The number of aryl methyl sites for hydroxylation is 1. The fourth-order valence-corrected chi connectivity index (χ4v) is 12.0. The third-order valence-electron chi connectivity index (χ3n) is 13.6. The van der Waals surface area contributed by atoms with Crippen LogP contribution < -0.4 is 9.64 Å². The van der Waals surface area contributed by atoms with Gasteiger partial charge in [0.05, 0.1) is 16.4 Å². The first kappa shape index (κ1) is 36.7. The number of nitrogens with zero attached hydrogens (tertiary/aromatic N) is 2. The third-order valence-corrected chi connectivity index (χ3v) is 14.6. The smallest absolute Gasteiger partial charge is 0.134 e. The summed E-state index contributed by atoms with van der Waals surface area (Å²) in [6.07, 6.45) is 6.04. The Balaban J connectivity index is 1.08. The van der Waals surface area contributed by atoms with Crippen LogP contribution in [0.4, 0.5) is 17.1 Å². The molecule has 0 amide bonds. The lowest BCUT2D eigenvalue weighted by molar-refractivity contribution is 0.435. The fraction of sp³-hybridized carbons (Fsp3) is 0.0333. The van der Waals surface area contributed by atoms with Crippen LogP contribution in [0.3, 0.4) is 0 Å². The molecule has 64 heavy (non-hydrogen) atoms. The van der Waals surface area contributed by atoms with Gasteiger partial charge < -0.3 is 14.2 Å². The molecule has 1 aliphatic carbocycles.